The van der Waals surface area contributed by atoms with E-state index in [0.29, 0.717) is 56.1 Å². The van der Waals surface area contributed by atoms with Crippen molar-refractivity contribution in [1.82, 2.24) is 9.80 Å². The van der Waals surface area contributed by atoms with Crippen LogP contribution in [0, 0.1) is 0 Å². The third-order valence-electron chi connectivity index (χ3n) is 5.48. The predicted molar refractivity (Wildman–Crippen MR) is 119 cm³/mol. The average molecular weight is 503 g/mol. The summed E-state index contributed by atoms with van der Waals surface area (Å²) < 4.78 is 84.9. The van der Waals surface area contributed by atoms with Gasteiger partial charge >= 0.3 is 18.4 Å². The van der Waals surface area contributed by atoms with E-state index in [9.17, 15) is 31.1 Å². The summed E-state index contributed by atoms with van der Waals surface area (Å²) in [7, 11) is 0. The standard InChI is InChI=1S/C24H27F6N3O2/c1-22(2,3)35-21(34)33-8-6-32(7-9-33)14-17-10-15(4-5-20(17)31)16-11-18(23(25,26)27)13-19(12-16)24(28,29)30/h4-5,10-13H,6-9,14,31H2,1-3H3. The number of alkyl halides is 6. The summed E-state index contributed by atoms with van der Waals surface area (Å²) in [6, 6.07) is 5.87. The lowest BCUT2D eigenvalue weighted by Gasteiger charge is -2.35. The van der Waals surface area contributed by atoms with Crippen LogP contribution in [0.4, 0.5) is 36.8 Å². The molecule has 5 nitrogen and oxygen atoms in total. The number of amides is 1. The molecule has 192 valence electrons. The van der Waals surface area contributed by atoms with Gasteiger partial charge in [0.1, 0.15) is 5.60 Å². The van der Waals surface area contributed by atoms with Crippen LogP contribution < -0.4 is 5.73 Å². The van der Waals surface area contributed by atoms with Crippen molar-refractivity contribution in [2.75, 3.05) is 31.9 Å². The molecule has 0 aromatic heterocycles. The molecule has 0 atom stereocenters. The van der Waals surface area contributed by atoms with Crippen LogP contribution in [0.15, 0.2) is 36.4 Å². The molecule has 2 aromatic carbocycles. The second-order valence-corrected chi connectivity index (χ2v) is 9.45. The zero-order valence-electron chi connectivity index (χ0n) is 19.6. The van der Waals surface area contributed by atoms with Crippen molar-refractivity contribution in [3.8, 4) is 11.1 Å². The number of ether oxygens (including phenoxy) is 1. The van der Waals surface area contributed by atoms with E-state index < -0.39 is 35.2 Å². The minimum Gasteiger partial charge on any atom is -0.444 e. The number of halogens is 6. The first kappa shape index (κ1) is 26.7. The highest BCUT2D eigenvalue weighted by molar-refractivity contribution is 5.70. The fourth-order valence-corrected chi connectivity index (χ4v) is 3.70. The molecule has 1 aliphatic rings. The molecule has 1 amide bonds. The van der Waals surface area contributed by atoms with Gasteiger partial charge in [0.05, 0.1) is 11.1 Å². The number of hydrogen-bond donors (Lipinski definition) is 1. The first-order chi connectivity index (χ1) is 16.0. The van der Waals surface area contributed by atoms with Crippen molar-refractivity contribution in [1.29, 1.82) is 0 Å². The number of nitrogen functional groups attached to an aromatic ring is 1. The summed E-state index contributed by atoms with van der Waals surface area (Å²) in [5.74, 6) is 0. The number of benzene rings is 2. The van der Waals surface area contributed by atoms with E-state index in [1.165, 1.54) is 18.2 Å². The van der Waals surface area contributed by atoms with E-state index in [2.05, 4.69) is 0 Å². The average Bonchev–Trinajstić information content (AvgIpc) is 2.73. The summed E-state index contributed by atoms with van der Waals surface area (Å²) in [6.45, 7) is 7.49. The van der Waals surface area contributed by atoms with Crippen molar-refractivity contribution < 1.29 is 35.9 Å². The molecule has 0 unspecified atom stereocenters. The van der Waals surface area contributed by atoms with Crippen molar-refractivity contribution >= 4 is 11.8 Å². The van der Waals surface area contributed by atoms with Crippen LogP contribution in [0.2, 0.25) is 0 Å². The summed E-state index contributed by atoms with van der Waals surface area (Å²) in [4.78, 5) is 15.8. The number of nitrogens with two attached hydrogens (primary N) is 1. The molecule has 1 fully saturated rings. The number of nitrogens with zero attached hydrogens (tertiary/aromatic N) is 2. The normalized spacial score (nSPS) is 15.9. The maximum atomic E-state index is 13.3. The molecule has 11 heteroatoms. The van der Waals surface area contributed by atoms with Gasteiger partial charge < -0.3 is 15.4 Å². The van der Waals surface area contributed by atoms with E-state index in [-0.39, 0.29) is 17.2 Å². The molecule has 2 aromatic rings. The summed E-state index contributed by atoms with van der Waals surface area (Å²) in [5.41, 5.74) is 3.62. The highest BCUT2D eigenvalue weighted by Gasteiger charge is 2.37. The third kappa shape index (κ3) is 7.03. The lowest BCUT2D eigenvalue weighted by molar-refractivity contribution is -0.143. The molecular formula is C24H27F6N3O2. The Kier molecular flexibility index (Phi) is 7.31. The maximum absolute atomic E-state index is 13.3. The number of anilines is 1. The largest absolute Gasteiger partial charge is 0.444 e. The molecular weight excluding hydrogens is 476 g/mol. The van der Waals surface area contributed by atoms with E-state index in [1.807, 2.05) is 4.90 Å². The van der Waals surface area contributed by atoms with Crippen LogP contribution in [0.1, 0.15) is 37.5 Å². The van der Waals surface area contributed by atoms with Gasteiger partial charge in [-0.15, -0.1) is 0 Å². The lowest BCUT2D eigenvalue weighted by atomic mass is 9.97. The van der Waals surface area contributed by atoms with Crippen LogP contribution in [0.3, 0.4) is 0 Å². The van der Waals surface area contributed by atoms with E-state index in [4.69, 9.17) is 10.5 Å². The molecule has 35 heavy (non-hydrogen) atoms. The highest BCUT2D eigenvalue weighted by atomic mass is 19.4. The SMILES string of the molecule is CC(C)(C)OC(=O)N1CCN(Cc2cc(-c3cc(C(F)(F)F)cc(C(F)(F)F)c3)ccc2N)CC1. The Morgan fingerprint density at radius 1 is 0.857 bits per heavy atom. The van der Waals surface area contributed by atoms with Gasteiger partial charge in [0.25, 0.3) is 0 Å². The molecule has 2 N–H and O–H groups in total. The lowest BCUT2D eigenvalue weighted by Crippen LogP contribution is -2.49. The van der Waals surface area contributed by atoms with Gasteiger partial charge in [-0.1, -0.05) is 6.07 Å². The number of piperazine rings is 1. The van der Waals surface area contributed by atoms with Gasteiger partial charge in [-0.2, -0.15) is 26.3 Å². The zero-order valence-corrected chi connectivity index (χ0v) is 19.6. The molecule has 0 aliphatic carbocycles. The number of carbonyl (C=O) groups is 1. The Morgan fingerprint density at radius 2 is 1.40 bits per heavy atom. The Balaban J connectivity index is 1.80. The van der Waals surface area contributed by atoms with Crippen molar-refractivity contribution in [3.05, 3.63) is 53.1 Å². The molecule has 1 saturated heterocycles. The van der Waals surface area contributed by atoms with E-state index in [0.717, 1.165) is 0 Å². The smallest absolute Gasteiger partial charge is 0.416 e. The Hall–Kier alpha value is -2.95. The first-order valence-corrected chi connectivity index (χ1v) is 10.9. The van der Waals surface area contributed by atoms with Gasteiger partial charge in [0.15, 0.2) is 0 Å². The number of hydrogen-bond acceptors (Lipinski definition) is 4. The van der Waals surface area contributed by atoms with Gasteiger partial charge in [-0.3, -0.25) is 4.90 Å². The predicted octanol–water partition coefficient (Wildman–Crippen LogP) is 6.03. The van der Waals surface area contributed by atoms with Crippen molar-refractivity contribution in [3.63, 3.8) is 0 Å². The zero-order chi connectivity index (χ0) is 26.2. The van der Waals surface area contributed by atoms with Gasteiger partial charge in [-0.05, 0) is 67.8 Å². The molecule has 0 radical (unpaired) electrons. The summed E-state index contributed by atoms with van der Waals surface area (Å²) in [5, 5.41) is 0. The Bertz CT molecular complexity index is 1040. The molecule has 0 saturated carbocycles. The topological polar surface area (TPSA) is 58.8 Å². The summed E-state index contributed by atoms with van der Waals surface area (Å²) >= 11 is 0. The van der Waals surface area contributed by atoms with E-state index in [1.54, 1.807) is 25.7 Å². The van der Waals surface area contributed by atoms with Crippen LogP contribution in [0.5, 0.6) is 0 Å². The van der Waals surface area contributed by atoms with E-state index >= 15 is 0 Å². The second-order valence-electron chi connectivity index (χ2n) is 9.45. The molecule has 0 bridgehead atoms. The molecule has 0 spiro atoms. The second kappa shape index (κ2) is 9.60. The molecule has 3 rings (SSSR count). The fraction of sp³-hybridized carbons (Fsp3) is 0.458. The van der Waals surface area contributed by atoms with Gasteiger partial charge in [-0.25, -0.2) is 4.79 Å². The highest BCUT2D eigenvalue weighted by Crippen LogP contribution is 2.39. The van der Waals surface area contributed by atoms with Crippen LogP contribution in [0.25, 0.3) is 11.1 Å². The Morgan fingerprint density at radius 3 is 1.89 bits per heavy atom. The Labute approximate surface area is 199 Å². The molecule has 1 heterocycles. The van der Waals surface area contributed by atoms with Crippen LogP contribution >= 0.6 is 0 Å². The van der Waals surface area contributed by atoms with Crippen LogP contribution in [-0.2, 0) is 23.6 Å². The monoisotopic (exact) mass is 503 g/mol. The van der Waals surface area contributed by atoms with Crippen LogP contribution in [-0.4, -0.2) is 47.7 Å². The third-order valence-corrected chi connectivity index (χ3v) is 5.48. The van der Waals surface area contributed by atoms with Crippen molar-refractivity contribution in [2.24, 2.45) is 0 Å². The minimum atomic E-state index is -4.93. The molecule has 1 aliphatic heterocycles. The minimum absolute atomic E-state index is 0.103. The van der Waals surface area contributed by atoms with Gasteiger partial charge in [0, 0.05) is 38.4 Å². The van der Waals surface area contributed by atoms with Crippen molar-refractivity contribution in [2.45, 2.75) is 45.3 Å². The summed E-state index contributed by atoms with van der Waals surface area (Å²) in [6.07, 6.45) is -10.3. The first-order valence-electron chi connectivity index (χ1n) is 10.9. The van der Waals surface area contributed by atoms with Gasteiger partial charge in [0.2, 0.25) is 0 Å². The fourth-order valence-electron chi connectivity index (χ4n) is 3.70. The quantitative estimate of drug-likeness (QED) is 0.411. The maximum Gasteiger partial charge on any atom is 0.416 e. The number of carbonyl (C=O) groups excluding carboxylic acids is 1. The number of rotatable bonds is 3.